The number of hydrogen-bond donors (Lipinski definition) is 0. The molecule has 1 aliphatic heterocycles. The zero-order valence-electron chi connectivity index (χ0n) is 16.9. The Kier molecular flexibility index (Phi) is 4.12. The zero-order chi connectivity index (χ0) is 18.0. The predicted octanol–water partition coefficient (Wildman–Crippen LogP) is 5.10. The lowest BCUT2D eigenvalue weighted by molar-refractivity contribution is -0.331. The van der Waals surface area contributed by atoms with Crippen molar-refractivity contribution in [3.05, 3.63) is 11.6 Å². The summed E-state index contributed by atoms with van der Waals surface area (Å²) in [6, 6.07) is 0. The second-order valence-corrected chi connectivity index (χ2v) is 10.1. The minimum atomic E-state index is -0.428. The molecule has 0 radical (unpaired) electrons. The van der Waals surface area contributed by atoms with Gasteiger partial charge < -0.3 is 14.2 Å². The van der Waals surface area contributed by atoms with Crippen molar-refractivity contribution >= 4 is 0 Å². The lowest BCUT2D eigenvalue weighted by Crippen LogP contribution is -2.61. The van der Waals surface area contributed by atoms with Crippen LogP contribution in [-0.2, 0) is 14.2 Å². The van der Waals surface area contributed by atoms with E-state index in [0.717, 1.165) is 32.0 Å². The monoisotopic (exact) mass is 360 g/mol. The molecule has 1 saturated heterocycles. The van der Waals surface area contributed by atoms with Crippen LogP contribution in [0.2, 0.25) is 0 Å². The Labute approximate surface area is 158 Å². The number of methoxy groups -OCH3 is 1. The lowest BCUT2D eigenvalue weighted by atomic mass is 9.48. The molecule has 5 unspecified atom stereocenters. The van der Waals surface area contributed by atoms with Crippen LogP contribution in [0.15, 0.2) is 11.6 Å². The molecule has 0 N–H and O–H groups in total. The van der Waals surface area contributed by atoms with Crippen LogP contribution in [0, 0.1) is 28.6 Å². The molecule has 1 heterocycles. The fraction of sp³-hybridized carbons (Fsp3) is 0.913. The molecule has 3 saturated carbocycles. The van der Waals surface area contributed by atoms with E-state index in [4.69, 9.17) is 14.2 Å². The Balaban J connectivity index is 1.59. The largest absolute Gasteiger partial charge is 0.377 e. The quantitative estimate of drug-likeness (QED) is 0.609. The Hall–Kier alpha value is -0.380. The summed E-state index contributed by atoms with van der Waals surface area (Å²) in [6.45, 7) is 6.65. The first-order chi connectivity index (χ1) is 12.6. The number of fused-ring (bicyclic) bond motifs is 6. The van der Waals surface area contributed by atoms with Gasteiger partial charge in [-0.3, -0.25) is 0 Å². The highest BCUT2D eigenvalue weighted by Gasteiger charge is 2.68. The molecule has 26 heavy (non-hydrogen) atoms. The summed E-state index contributed by atoms with van der Waals surface area (Å²) in [5.41, 5.74) is 2.09. The summed E-state index contributed by atoms with van der Waals surface area (Å²) in [4.78, 5) is 0. The molecule has 3 heteroatoms. The van der Waals surface area contributed by atoms with E-state index in [0.29, 0.717) is 17.3 Å². The molecule has 4 fully saturated rings. The minimum Gasteiger partial charge on any atom is -0.377 e. The van der Waals surface area contributed by atoms with E-state index in [9.17, 15) is 0 Å². The second-order valence-electron chi connectivity index (χ2n) is 10.1. The average Bonchev–Trinajstić information content (AvgIpc) is 2.94. The molecule has 5 rings (SSSR count). The number of allylic oxidation sites excluding steroid dienone is 1. The van der Waals surface area contributed by atoms with E-state index in [2.05, 4.69) is 19.9 Å². The molecule has 0 aromatic heterocycles. The molecule has 0 bridgehead atoms. The van der Waals surface area contributed by atoms with Crippen molar-refractivity contribution in [3.8, 4) is 0 Å². The standard InChI is InChI=1S/C23H36O3/c1-21-11-5-4-7-16(21)8-9-17-18-10-12-23(25-13-6-14-26-23)22(18,2)20(24-3)15-19(17)21/h15-18,20H,4-14H2,1-3H3/t16?,17?,18?,20?,21?,22-/m1/s1. The zero-order valence-corrected chi connectivity index (χ0v) is 16.9. The van der Waals surface area contributed by atoms with Crippen LogP contribution in [0.4, 0.5) is 0 Å². The van der Waals surface area contributed by atoms with E-state index in [-0.39, 0.29) is 11.5 Å². The van der Waals surface area contributed by atoms with Crippen molar-refractivity contribution in [3.63, 3.8) is 0 Å². The number of rotatable bonds is 1. The third-order valence-corrected chi connectivity index (χ3v) is 9.28. The van der Waals surface area contributed by atoms with Crippen molar-refractivity contribution < 1.29 is 14.2 Å². The molecule has 0 aromatic carbocycles. The fourth-order valence-corrected chi connectivity index (χ4v) is 7.86. The molecule has 5 aliphatic rings. The van der Waals surface area contributed by atoms with Crippen molar-refractivity contribution in [2.24, 2.45) is 28.6 Å². The normalized spacial score (nSPS) is 49.9. The summed E-state index contributed by atoms with van der Waals surface area (Å²) >= 11 is 0. The van der Waals surface area contributed by atoms with Crippen LogP contribution >= 0.6 is 0 Å². The summed E-state index contributed by atoms with van der Waals surface area (Å²) < 4.78 is 19.0. The van der Waals surface area contributed by atoms with Gasteiger partial charge in [0.05, 0.1) is 24.7 Å². The van der Waals surface area contributed by atoms with Gasteiger partial charge in [0, 0.05) is 13.5 Å². The van der Waals surface area contributed by atoms with Gasteiger partial charge >= 0.3 is 0 Å². The highest BCUT2D eigenvalue weighted by Crippen LogP contribution is 2.67. The van der Waals surface area contributed by atoms with E-state index < -0.39 is 5.79 Å². The fourth-order valence-electron chi connectivity index (χ4n) is 7.86. The molecule has 1 spiro atoms. The van der Waals surface area contributed by atoms with Gasteiger partial charge in [0.2, 0.25) is 0 Å². The maximum Gasteiger partial charge on any atom is 0.176 e. The predicted molar refractivity (Wildman–Crippen MR) is 102 cm³/mol. The maximum absolute atomic E-state index is 6.41. The highest BCUT2D eigenvalue weighted by atomic mass is 16.7. The first-order valence-electron chi connectivity index (χ1n) is 11.1. The number of ether oxygens (including phenoxy) is 3. The Morgan fingerprint density at radius 2 is 1.77 bits per heavy atom. The van der Waals surface area contributed by atoms with E-state index in [1.807, 2.05) is 7.11 Å². The Morgan fingerprint density at radius 1 is 0.962 bits per heavy atom. The van der Waals surface area contributed by atoms with Crippen LogP contribution in [0.1, 0.15) is 71.6 Å². The van der Waals surface area contributed by atoms with Crippen LogP contribution in [0.25, 0.3) is 0 Å². The average molecular weight is 361 g/mol. The third-order valence-electron chi connectivity index (χ3n) is 9.28. The van der Waals surface area contributed by atoms with Crippen molar-refractivity contribution in [1.29, 1.82) is 0 Å². The molecule has 3 nitrogen and oxygen atoms in total. The van der Waals surface area contributed by atoms with E-state index in [1.54, 1.807) is 5.57 Å². The molecule has 0 amide bonds. The SMILES string of the molecule is COC1C=C2C(CCC3CCCCC23C)C2CCC3(OCCCO3)[C@@]12C. The van der Waals surface area contributed by atoms with E-state index in [1.165, 1.54) is 44.9 Å². The highest BCUT2D eigenvalue weighted by molar-refractivity contribution is 5.32. The topological polar surface area (TPSA) is 27.7 Å². The minimum absolute atomic E-state index is 0.0613. The molecular formula is C23H36O3. The van der Waals surface area contributed by atoms with Gasteiger partial charge in [-0.2, -0.15) is 0 Å². The second kappa shape index (κ2) is 6.06. The summed E-state index contributed by atoms with van der Waals surface area (Å²) in [5, 5.41) is 0. The first kappa shape index (κ1) is 17.7. The van der Waals surface area contributed by atoms with Crippen LogP contribution in [-0.4, -0.2) is 32.2 Å². The molecule has 4 aliphatic carbocycles. The van der Waals surface area contributed by atoms with Crippen molar-refractivity contribution in [2.75, 3.05) is 20.3 Å². The summed E-state index contributed by atoms with van der Waals surface area (Å²) in [5.74, 6) is 1.80. The van der Waals surface area contributed by atoms with Crippen LogP contribution in [0.5, 0.6) is 0 Å². The van der Waals surface area contributed by atoms with Crippen molar-refractivity contribution in [2.45, 2.75) is 83.5 Å². The molecular weight excluding hydrogens is 324 g/mol. The summed E-state index contributed by atoms with van der Waals surface area (Å²) in [6.07, 6.45) is 14.3. The van der Waals surface area contributed by atoms with Gasteiger partial charge in [-0.15, -0.1) is 0 Å². The van der Waals surface area contributed by atoms with Crippen LogP contribution < -0.4 is 0 Å². The van der Waals surface area contributed by atoms with Gasteiger partial charge in [-0.05, 0) is 61.7 Å². The first-order valence-corrected chi connectivity index (χ1v) is 11.1. The smallest absolute Gasteiger partial charge is 0.176 e. The maximum atomic E-state index is 6.41. The number of hydrogen-bond acceptors (Lipinski definition) is 3. The van der Waals surface area contributed by atoms with Gasteiger partial charge in [-0.1, -0.05) is 38.3 Å². The van der Waals surface area contributed by atoms with Crippen molar-refractivity contribution in [1.82, 2.24) is 0 Å². The molecule has 0 aromatic rings. The van der Waals surface area contributed by atoms with E-state index >= 15 is 0 Å². The molecule has 146 valence electrons. The molecule has 6 atom stereocenters. The van der Waals surface area contributed by atoms with Gasteiger partial charge in [-0.25, -0.2) is 0 Å². The Bertz CT molecular complexity index is 592. The van der Waals surface area contributed by atoms with Gasteiger partial charge in [0.1, 0.15) is 0 Å². The van der Waals surface area contributed by atoms with Crippen LogP contribution in [0.3, 0.4) is 0 Å². The third kappa shape index (κ3) is 2.11. The lowest BCUT2D eigenvalue weighted by Gasteiger charge is -2.59. The Morgan fingerprint density at radius 3 is 2.54 bits per heavy atom. The van der Waals surface area contributed by atoms with Gasteiger partial charge in [0.25, 0.3) is 0 Å². The summed E-state index contributed by atoms with van der Waals surface area (Å²) in [7, 11) is 1.89. The van der Waals surface area contributed by atoms with Gasteiger partial charge in [0.15, 0.2) is 5.79 Å².